The molecule has 1 aromatic rings. The Morgan fingerprint density at radius 1 is 1.11 bits per heavy atom. The molecule has 11 heteroatoms. The van der Waals surface area contributed by atoms with Crippen molar-refractivity contribution in [3.05, 3.63) is 48.0 Å². The minimum Gasteiger partial charge on any atom is -0.466 e. The van der Waals surface area contributed by atoms with Gasteiger partial charge in [0.25, 0.3) is 0 Å². The van der Waals surface area contributed by atoms with Gasteiger partial charge in [-0.05, 0) is 45.2 Å². The summed E-state index contributed by atoms with van der Waals surface area (Å²) in [7, 11) is 0. The van der Waals surface area contributed by atoms with Crippen LogP contribution < -0.4 is 16.4 Å². The Labute approximate surface area is 224 Å². The van der Waals surface area contributed by atoms with Gasteiger partial charge in [-0.15, -0.1) is 6.58 Å². The lowest BCUT2D eigenvalue weighted by Crippen LogP contribution is -2.54. The van der Waals surface area contributed by atoms with E-state index in [1.54, 1.807) is 39.8 Å². The zero-order chi connectivity index (χ0) is 28.9. The Kier molecular flexibility index (Phi) is 13.0. The predicted molar refractivity (Wildman–Crippen MR) is 142 cm³/mol. The molecular formula is C27H40N4O7. The van der Waals surface area contributed by atoms with Crippen LogP contribution in [0.2, 0.25) is 0 Å². The van der Waals surface area contributed by atoms with Crippen LogP contribution in [-0.2, 0) is 35.1 Å². The van der Waals surface area contributed by atoms with Gasteiger partial charge in [0, 0.05) is 13.1 Å². The molecule has 38 heavy (non-hydrogen) atoms. The fourth-order valence-electron chi connectivity index (χ4n) is 3.54. The first-order valence-corrected chi connectivity index (χ1v) is 12.5. The predicted octanol–water partition coefficient (Wildman–Crippen LogP) is 2.14. The number of nitrogens with one attached hydrogen (secondary N) is 2. The summed E-state index contributed by atoms with van der Waals surface area (Å²) in [4.78, 5) is 64.3. The highest BCUT2D eigenvalue weighted by Gasteiger charge is 2.36. The highest BCUT2D eigenvalue weighted by molar-refractivity contribution is 5.94. The summed E-state index contributed by atoms with van der Waals surface area (Å²) in [5.41, 5.74) is 6.02. The van der Waals surface area contributed by atoms with Gasteiger partial charge in [-0.2, -0.15) is 0 Å². The molecule has 0 heterocycles. The van der Waals surface area contributed by atoms with Crippen molar-refractivity contribution >= 4 is 29.8 Å². The molecule has 0 radical (unpaired) electrons. The number of nitrogens with two attached hydrogens (primary N) is 1. The van der Waals surface area contributed by atoms with Gasteiger partial charge in [0.15, 0.2) is 0 Å². The van der Waals surface area contributed by atoms with Crippen LogP contribution in [0.5, 0.6) is 0 Å². The van der Waals surface area contributed by atoms with Crippen LogP contribution >= 0.6 is 0 Å². The van der Waals surface area contributed by atoms with Gasteiger partial charge in [0.1, 0.15) is 17.7 Å². The molecule has 4 amide bonds. The Balaban J connectivity index is 3.38. The van der Waals surface area contributed by atoms with E-state index in [0.29, 0.717) is 5.56 Å². The number of esters is 1. The molecule has 0 aliphatic heterocycles. The molecule has 4 N–H and O–H groups in total. The molecule has 210 valence electrons. The van der Waals surface area contributed by atoms with E-state index in [-0.39, 0.29) is 26.1 Å². The Morgan fingerprint density at radius 3 is 2.24 bits per heavy atom. The van der Waals surface area contributed by atoms with Gasteiger partial charge in [-0.25, -0.2) is 4.79 Å². The number of ether oxygens (including phenoxy) is 2. The molecule has 11 nitrogen and oxygen atoms in total. The number of nitrogens with zero attached hydrogens (tertiary/aromatic N) is 1. The fourth-order valence-corrected chi connectivity index (χ4v) is 3.54. The quantitative estimate of drug-likeness (QED) is 0.245. The number of carbonyl (C=O) groups is 5. The fraction of sp³-hybridized carbons (Fsp3) is 0.519. The molecule has 2 unspecified atom stereocenters. The normalized spacial score (nSPS) is 12.4. The summed E-state index contributed by atoms with van der Waals surface area (Å²) in [5, 5.41) is 5.07. The zero-order valence-electron chi connectivity index (χ0n) is 22.9. The molecule has 1 aromatic carbocycles. The smallest absolute Gasteiger partial charge is 0.408 e. The maximum Gasteiger partial charge on any atom is 0.408 e. The lowest BCUT2D eigenvalue weighted by molar-refractivity contribution is -0.144. The molecule has 0 spiro atoms. The van der Waals surface area contributed by atoms with Crippen molar-refractivity contribution < 1.29 is 33.4 Å². The largest absolute Gasteiger partial charge is 0.466 e. The summed E-state index contributed by atoms with van der Waals surface area (Å²) >= 11 is 0. The van der Waals surface area contributed by atoms with E-state index in [9.17, 15) is 24.0 Å². The second-order valence-electron chi connectivity index (χ2n) is 9.49. The molecule has 0 fully saturated rings. The molecule has 1 rings (SSSR count). The minimum absolute atomic E-state index is 0.0157. The highest BCUT2D eigenvalue weighted by Crippen LogP contribution is 2.24. The number of benzene rings is 1. The first-order valence-electron chi connectivity index (χ1n) is 12.5. The molecule has 0 aromatic heterocycles. The number of alkyl carbamates (subject to hydrolysis) is 1. The van der Waals surface area contributed by atoms with Crippen molar-refractivity contribution in [3.8, 4) is 0 Å². The van der Waals surface area contributed by atoms with Crippen LogP contribution in [0.25, 0.3) is 0 Å². The average molecular weight is 533 g/mol. The first kappa shape index (κ1) is 32.1. The van der Waals surface area contributed by atoms with Gasteiger partial charge < -0.3 is 30.7 Å². The first-order chi connectivity index (χ1) is 17.8. The topological polar surface area (TPSA) is 157 Å². The number of hydrogen-bond donors (Lipinski definition) is 3. The van der Waals surface area contributed by atoms with Crippen molar-refractivity contribution in [1.29, 1.82) is 0 Å². The van der Waals surface area contributed by atoms with Gasteiger partial charge in [0.05, 0.1) is 19.4 Å². The van der Waals surface area contributed by atoms with Gasteiger partial charge >= 0.3 is 12.1 Å². The van der Waals surface area contributed by atoms with Crippen molar-refractivity contribution in [3.63, 3.8) is 0 Å². The second kappa shape index (κ2) is 15.4. The molecule has 0 aliphatic rings. The lowest BCUT2D eigenvalue weighted by Gasteiger charge is -2.33. The zero-order valence-corrected chi connectivity index (χ0v) is 22.9. The third-order valence-electron chi connectivity index (χ3n) is 5.20. The summed E-state index contributed by atoms with van der Waals surface area (Å²) < 4.78 is 10.1. The van der Waals surface area contributed by atoms with E-state index in [1.165, 1.54) is 11.0 Å². The van der Waals surface area contributed by atoms with Crippen LogP contribution in [0.15, 0.2) is 36.9 Å². The van der Waals surface area contributed by atoms with Gasteiger partial charge in [-0.1, -0.05) is 37.3 Å². The second-order valence-corrected chi connectivity index (χ2v) is 9.49. The minimum atomic E-state index is -1.40. The Hall–Kier alpha value is -3.89. The highest BCUT2D eigenvalue weighted by atomic mass is 16.6. The molecule has 2 atom stereocenters. The summed E-state index contributed by atoms with van der Waals surface area (Å²) in [6.07, 6.45) is 0.704. The standard InChI is InChI=1S/C27H40N4O7/c1-7-16-31(25(35)20(17-21(28)32)30-26(36)38-27(4,5)6)23(19-12-10-18(8-2)11-13-19)24(34)29-15-14-22(33)37-9-3/h7,10-13,20,23H,1,8-9,14-17H2,2-6H3,(H2,28,32)(H,29,34)(H,30,36). The number of carbonyl (C=O) groups excluding carboxylic acids is 5. The van der Waals surface area contributed by atoms with Crippen molar-refractivity contribution in [1.82, 2.24) is 15.5 Å². The van der Waals surface area contributed by atoms with Crippen LogP contribution in [0, 0.1) is 0 Å². The van der Waals surface area contributed by atoms with Crippen LogP contribution in [-0.4, -0.2) is 66.0 Å². The van der Waals surface area contributed by atoms with Crippen molar-refractivity contribution in [2.45, 2.75) is 71.6 Å². The number of hydrogen-bond acceptors (Lipinski definition) is 7. The maximum atomic E-state index is 13.7. The van der Waals surface area contributed by atoms with Gasteiger partial charge in [0.2, 0.25) is 17.7 Å². The van der Waals surface area contributed by atoms with E-state index >= 15 is 0 Å². The lowest BCUT2D eigenvalue weighted by atomic mass is 10.00. The van der Waals surface area contributed by atoms with E-state index in [1.807, 2.05) is 19.1 Å². The number of amides is 4. The summed E-state index contributed by atoms with van der Waals surface area (Å²) in [5.74, 6) is -2.61. The van der Waals surface area contributed by atoms with Crippen LogP contribution in [0.1, 0.15) is 64.6 Å². The molecular weight excluding hydrogens is 492 g/mol. The number of rotatable bonds is 14. The van der Waals surface area contributed by atoms with E-state index < -0.39 is 53.9 Å². The van der Waals surface area contributed by atoms with E-state index in [0.717, 1.165) is 12.0 Å². The van der Waals surface area contributed by atoms with E-state index in [4.69, 9.17) is 15.2 Å². The van der Waals surface area contributed by atoms with E-state index in [2.05, 4.69) is 17.2 Å². The third-order valence-corrected chi connectivity index (χ3v) is 5.20. The van der Waals surface area contributed by atoms with Crippen LogP contribution in [0.4, 0.5) is 4.79 Å². The average Bonchev–Trinajstić information content (AvgIpc) is 2.82. The molecule has 0 aliphatic carbocycles. The number of aryl methyl sites for hydroxylation is 1. The van der Waals surface area contributed by atoms with Crippen molar-refractivity contribution in [2.24, 2.45) is 5.73 Å². The monoisotopic (exact) mass is 532 g/mol. The summed E-state index contributed by atoms with van der Waals surface area (Å²) in [6, 6.07) is 4.57. The SMILES string of the molecule is C=CCN(C(=O)C(CC(N)=O)NC(=O)OC(C)(C)C)C(C(=O)NCCC(=O)OCC)c1ccc(CC)cc1. The molecule has 0 saturated carbocycles. The molecule has 0 bridgehead atoms. The third kappa shape index (κ3) is 11.0. The van der Waals surface area contributed by atoms with Crippen molar-refractivity contribution in [2.75, 3.05) is 19.7 Å². The Morgan fingerprint density at radius 2 is 1.74 bits per heavy atom. The number of primary amides is 1. The van der Waals surface area contributed by atoms with Gasteiger partial charge in [-0.3, -0.25) is 19.2 Å². The summed E-state index contributed by atoms with van der Waals surface area (Å²) in [6.45, 7) is 12.4. The maximum absolute atomic E-state index is 13.7. The van der Waals surface area contributed by atoms with Crippen LogP contribution in [0.3, 0.4) is 0 Å². The Bertz CT molecular complexity index is 986. The molecule has 0 saturated heterocycles.